The maximum atomic E-state index is 14.5. The molecule has 1 heterocycles. The van der Waals surface area contributed by atoms with E-state index in [4.69, 9.17) is 0 Å². The number of hydrogen-bond donors (Lipinski definition) is 3. The highest BCUT2D eigenvalue weighted by Crippen LogP contribution is 2.41. The quantitative estimate of drug-likeness (QED) is 0.339. The number of carbonyl (C=O) groups excluding carboxylic acids is 3. The molecule has 3 N–H and O–H groups in total. The molecule has 0 aromatic heterocycles. The lowest BCUT2D eigenvalue weighted by Crippen LogP contribution is -2.61. The van der Waals surface area contributed by atoms with Crippen molar-refractivity contribution in [2.24, 2.45) is 0 Å². The number of hydrogen-bond acceptors (Lipinski definition) is 5. The van der Waals surface area contributed by atoms with E-state index < -0.39 is 39.6 Å². The predicted molar refractivity (Wildman–Crippen MR) is 168 cm³/mol. The highest BCUT2D eigenvalue weighted by atomic mass is 32.2. The summed E-state index contributed by atoms with van der Waals surface area (Å²) >= 11 is 0. The van der Waals surface area contributed by atoms with Crippen molar-refractivity contribution in [2.45, 2.75) is 64.1 Å². The second-order valence-corrected chi connectivity index (χ2v) is 13.5. The van der Waals surface area contributed by atoms with Crippen molar-refractivity contribution in [1.29, 1.82) is 0 Å². The van der Waals surface area contributed by atoms with Crippen LogP contribution >= 0.6 is 0 Å². The third-order valence-corrected chi connectivity index (χ3v) is 7.79. The summed E-state index contributed by atoms with van der Waals surface area (Å²) in [6, 6.07) is 23.6. The molecule has 3 aromatic rings. The SMILES string of the molecule is CC(=O)N(N1C(=O)C(NC(=O)Nc2cccc(NS(C)(=O)=O)c2)CC(c2ccccc2)CC1c1ccccc1)C(C)(C)C. The molecule has 3 atom stereocenters. The largest absolute Gasteiger partial charge is 0.326 e. The number of amides is 4. The first-order valence-electron chi connectivity index (χ1n) is 14.1. The number of benzene rings is 3. The molecule has 11 heteroatoms. The van der Waals surface area contributed by atoms with Gasteiger partial charge in [0.25, 0.3) is 5.91 Å². The number of urea groups is 1. The zero-order chi connectivity index (χ0) is 31.4. The van der Waals surface area contributed by atoms with Gasteiger partial charge in [0.2, 0.25) is 15.9 Å². The summed E-state index contributed by atoms with van der Waals surface area (Å²) in [4.78, 5) is 41.0. The van der Waals surface area contributed by atoms with E-state index in [0.29, 0.717) is 18.5 Å². The van der Waals surface area contributed by atoms with Crippen LogP contribution in [0.15, 0.2) is 84.9 Å². The minimum atomic E-state index is -3.51. The molecule has 1 aliphatic rings. The molecule has 1 saturated heterocycles. The van der Waals surface area contributed by atoms with Crippen LogP contribution in [-0.4, -0.2) is 54.1 Å². The second kappa shape index (κ2) is 12.9. The van der Waals surface area contributed by atoms with Gasteiger partial charge in [0.05, 0.1) is 23.5 Å². The van der Waals surface area contributed by atoms with Crippen molar-refractivity contribution in [2.75, 3.05) is 16.3 Å². The Balaban J connectivity index is 1.73. The van der Waals surface area contributed by atoms with Gasteiger partial charge in [-0.2, -0.15) is 0 Å². The molecule has 0 spiro atoms. The lowest BCUT2D eigenvalue weighted by atomic mass is 9.86. The molecule has 43 heavy (non-hydrogen) atoms. The minimum Gasteiger partial charge on any atom is -0.326 e. The lowest BCUT2D eigenvalue weighted by Gasteiger charge is -2.47. The Hall–Kier alpha value is -4.38. The van der Waals surface area contributed by atoms with Crippen LogP contribution in [0.25, 0.3) is 0 Å². The summed E-state index contributed by atoms with van der Waals surface area (Å²) in [5.41, 5.74) is 1.80. The molecule has 0 radical (unpaired) electrons. The van der Waals surface area contributed by atoms with E-state index in [9.17, 15) is 22.8 Å². The fourth-order valence-electron chi connectivity index (χ4n) is 5.62. The van der Waals surface area contributed by atoms with Crippen molar-refractivity contribution >= 4 is 39.2 Å². The van der Waals surface area contributed by atoms with E-state index in [1.807, 2.05) is 81.4 Å². The van der Waals surface area contributed by atoms with Gasteiger partial charge in [-0.15, -0.1) is 0 Å². The van der Waals surface area contributed by atoms with Crippen LogP contribution in [0.4, 0.5) is 16.2 Å². The standard InChI is InChI=1S/C32H39N5O5S/c1-22(38)37(32(2,3)4)36-29(24-15-10-7-11-16-24)20-25(23-13-8-6-9-14-23)19-28(30(36)39)34-31(40)33-26-17-12-18-27(21-26)35-43(5,41)42/h6-18,21,25,28-29,35H,19-20H2,1-5H3,(H2,33,34,40). The molecule has 4 amide bonds. The number of carbonyl (C=O) groups is 3. The maximum absolute atomic E-state index is 14.5. The highest BCUT2D eigenvalue weighted by Gasteiger charge is 2.45. The van der Waals surface area contributed by atoms with Crippen molar-refractivity contribution in [3.8, 4) is 0 Å². The lowest BCUT2D eigenvalue weighted by molar-refractivity contribution is -0.181. The maximum Gasteiger partial charge on any atom is 0.319 e. The summed E-state index contributed by atoms with van der Waals surface area (Å²) in [5, 5.41) is 8.59. The van der Waals surface area contributed by atoms with Gasteiger partial charge in [-0.05, 0) is 68.9 Å². The summed E-state index contributed by atoms with van der Waals surface area (Å²) in [6.07, 6.45) is 1.87. The van der Waals surface area contributed by atoms with E-state index in [1.54, 1.807) is 18.2 Å². The van der Waals surface area contributed by atoms with Crippen LogP contribution in [0.2, 0.25) is 0 Å². The average molecular weight is 606 g/mol. The molecule has 0 aliphatic carbocycles. The van der Waals surface area contributed by atoms with E-state index in [1.165, 1.54) is 23.0 Å². The van der Waals surface area contributed by atoms with E-state index in [-0.39, 0.29) is 17.5 Å². The number of rotatable bonds is 7. The number of hydrazine groups is 1. The Bertz CT molecular complexity index is 1560. The van der Waals surface area contributed by atoms with Gasteiger partial charge >= 0.3 is 6.03 Å². The van der Waals surface area contributed by atoms with Crippen LogP contribution in [0.3, 0.4) is 0 Å². The minimum absolute atomic E-state index is 0.123. The molecule has 10 nitrogen and oxygen atoms in total. The summed E-state index contributed by atoms with van der Waals surface area (Å²) in [7, 11) is -3.51. The zero-order valence-corrected chi connectivity index (χ0v) is 25.9. The molecule has 3 unspecified atom stereocenters. The van der Waals surface area contributed by atoms with Crippen LogP contribution < -0.4 is 15.4 Å². The molecule has 228 valence electrons. The van der Waals surface area contributed by atoms with Gasteiger partial charge in [-0.25, -0.2) is 23.2 Å². The van der Waals surface area contributed by atoms with Crippen molar-refractivity contribution in [3.63, 3.8) is 0 Å². The van der Waals surface area contributed by atoms with E-state index >= 15 is 0 Å². The highest BCUT2D eigenvalue weighted by molar-refractivity contribution is 7.92. The molecule has 4 rings (SSSR count). The number of sulfonamides is 1. The van der Waals surface area contributed by atoms with E-state index in [0.717, 1.165) is 17.4 Å². The smallest absolute Gasteiger partial charge is 0.319 e. The third kappa shape index (κ3) is 8.13. The Kier molecular flexibility index (Phi) is 9.44. The Morgan fingerprint density at radius 1 is 0.860 bits per heavy atom. The molecule has 1 aliphatic heterocycles. The Morgan fingerprint density at radius 2 is 1.44 bits per heavy atom. The van der Waals surface area contributed by atoms with Gasteiger partial charge in [0.15, 0.2) is 0 Å². The normalized spacial score (nSPS) is 19.2. The van der Waals surface area contributed by atoms with Crippen LogP contribution in [0, 0.1) is 0 Å². The van der Waals surface area contributed by atoms with E-state index in [2.05, 4.69) is 15.4 Å². The molecule has 1 fully saturated rings. The van der Waals surface area contributed by atoms with Gasteiger partial charge < -0.3 is 10.6 Å². The number of anilines is 2. The van der Waals surface area contributed by atoms with Crippen molar-refractivity contribution in [3.05, 3.63) is 96.1 Å². The molecule has 3 aromatic carbocycles. The molecular formula is C32H39N5O5S. The first kappa shape index (κ1) is 31.6. The third-order valence-electron chi connectivity index (χ3n) is 7.18. The molecular weight excluding hydrogens is 566 g/mol. The van der Waals surface area contributed by atoms with Crippen LogP contribution in [-0.2, 0) is 19.6 Å². The first-order chi connectivity index (χ1) is 20.2. The number of nitrogens with zero attached hydrogens (tertiary/aromatic N) is 2. The second-order valence-electron chi connectivity index (χ2n) is 11.8. The zero-order valence-electron chi connectivity index (χ0n) is 25.1. The van der Waals surface area contributed by atoms with Gasteiger partial charge in [0.1, 0.15) is 6.04 Å². The summed E-state index contributed by atoms with van der Waals surface area (Å²) in [5.74, 6) is -0.819. The fourth-order valence-corrected chi connectivity index (χ4v) is 6.17. The number of nitrogens with one attached hydrogen (secondary N) is 3. The Morgan fingerprint density at radius 3 is 2.00 bits per heavy atom. The van der Waals surface area contributed by atoms with Crippen LogP contribution in [0.1, 0.15) is 63.6 Å². The topological polar surface area (TPSA) is 128 Å². The van der Waals surface area contributed by atoms with Gasteiger partial charge in [0, 0.05) is 12.6 Å². The average Bonchev–Trinajstić information content (AvgIpc) is 3.05. The van der Waals surface area contributed by atoms with Crippen molar-refractivity contribution < 1.29 is 22.8 Å². The van der Waals surface area contributed by atoms with Crippen LogP contribution in [0.5, 0.6) is 0 Å². The summed E-state index contributed by atoms with van der Waals surface area (Å²) in [6.45, 7) is 7.05. The van der Waals surface area contributed by atoms with Crippen molar-refractivity contribution in [1.82, 2.24) is 15.3 Å². The predicted octanol–water partition coefficient (Wildman–Crippen LogP) is 5.26. The fraction of sp³-hybridized carbons (Fsp3) is 0.344. The first-order valence-corrected chi connectivity index (χ1v) is 16.0. The molecule has 0 saturated carbocycles. The Labute approximate surface area is 253 Å². The monoisotopic (exact) mass is 605 g/mol. The van der Waals surface area contributed by atoms with Gasteiger partial charge in [-0.3, -0.25) is 14.3 Å². The molecule has 0 bridgehead atoms. The summed E-state index contributed by atoms with van der Waals surface area (Å²) < 4.78 is 25.7. The van der Waals surface area contributed by atoms with Gasteiger partial charge in [-0.1, -0.05) is 66.7 Å².